The van der Waals surface area contributed by atoms with Crippen LogP contribution in [0.4, 0.5) is 10.5 Å². The second-order valence-corrected chi connectivity index (χ2v) is 8.00. The van der Waals surface area contributed by atoms with Crippen LogP contribution in [0.2, 0.25) is 0 Å². The highest BCUT2D eigenvalue weighted by Crippen LogP contribution is 2.61. The molecule has 4 bridgehead atoms. The van der Waals surface area contributed by atoms with Crippen LogP contribution in [0, 0.1) is 23.2 Å². The molecule has 0 saturated heterocycles. The van der Waals surface area contributed by atoms with E-state index in [1.165, 1.54) is 0 Å². The Labute approximate surface area is 156 Å². The van der Waals surface area contributed by atoms with Crippen LogP contribution in [-0.2, 0) is 9.63 Å². The van der Waals surface area contributed by atoms with Gasteiger partial charge < -0.3 is 9.57 Å². The highest BCUT2D eigenvalue weighted by atomic mass is 16.7. The number of anilines is 1. The lowest BCUT2D eigenvalue weighted by Gasteiger charge is -2.56. The van der Waals surface area contributed by atoms with E-state index in [0.717, 1.165) is 38.5 Å². The van der Waals surface area contributed by atoms with Gasteiger partial charge in [-0.1, -0.05) is 0 Å². The first kappa shape index (κ1) is 14.9. The molecule has 0 unspecified atom stereocenters. The summed E-state index contributed by atoms with van der Waals surface area (Å²) in [6.07, 6.45) is 2.79. The lowest BCUT2D eigenvalue weighted by molar-refractivity contribution is -0.137. The zero-order valence-corrected chi connectivity index (χ0v) is 14.9. The summed E-state index contributed by atoms with van der Waals surface area (Å²) in [6, 6.07) is 6.63. The molecule has 0 aromatic heterocycles. The third-order valence-electron chi connectivity index (χ3n) is 5.99. The average molecular weight is 360 g/mol. The minimum Gasteiger partial charge on any atom is -0.497 e. The summed E-state index contributed by atoms with van der Waals surface area (Å²) >= 11 is 0. The van der Waals surface area contributed by atoms with Gasteiger partial charge in [0.2, 0.25) is 0 Å². The van der Waals surface area contributed by atoms with Crippen molar-refractivity contribution in [1.82, 2.24) is 5.48 Å². The zero-order chi connectivity index (χ0) is 19.9. The van der Waals surface area contributed by atoms with Gasteiger partial charge in [-0.3, -0.25) is 10.1 Å². The molecule has 0 aliphatic heterocycles. The van der Waals surface area contributed by atoms with Crippen LogP contribution in [0.1, 0.15) is 47.6 Å². The molecule has 0 heterocycles. The molecule has 4 fully saturated rings. The van der Waals surface area contributed by atoms with Gasteiger partial charge in [-0.15, -0.1) is 0 Å². The van der Waals surface area contributed by atoms with Crippen LogP contribution in [0.25, 0.3) is 0 Å². The quantitative estimate of drug-likeness (QED) is 0.799. The van der Waals surface area contributed by atoms with Crippen molar-refractivity contribution < 1.29 is 21.9 Å². The van der Waals surface area contributed by atoms with Gasteiger partial charge in [-0.05, 0) is 86.0 Å². The molecule has 1 aromatic carbocycles. The summed E-state index contributed by atoms with van der Waals surface area (Å²) in [6.45, 7) is 0. The molecule has 4 saturated carbocycles. The Hall–Kier alpha value is -2.24. The number of amides is 2. The number of methoxy groups -OCH3 is 1. The van der Waals surface area contributed by atoms with Crippen LogP contribution >= 0.6 is 0 Å². The van der Waals surface area contributed by atoms with Crippen molar-refractivity contribution in [2.75, 3.05) is 12.4 Å². The van der Waals surface area contributed by atoms with E-state index in [1.54, 1.807) is 31.4 Å². The maximum atomic E-state index is 12.6. The van der Waals surface area contributed by atoms with Crippen molar-refractivity contribution >= 4 is 17.7 Å². The zero-order valence-electron chi connectivity index (χ0n) is 16.9. The Morgan fingerprint density at radius 2 is 1.69 bits per heavy atom. The number of nitrogens with one attached hydrogen (secondary N) is 2. The highest BCUT2D eigenvalue weighted by molar-refractivity contribution is 5.86. The maximum Gasteiger partial charge on any atom is 0.436 e. The Morgan fingerprint density at radius 3 is 2.23 bits per heavy atom. The standard InChI is InChI=1S/C20H26N2O4/c1-25-17-4-2-16(3-5-17)21-19(24)26-22-18(23)12-20-9-13-6-14(10-20)8-15(7-13)11-20/h2-5,13-15H,6-12H2,1H3,(H,21,24)(H,22,23)/i12D2. The van der Waals surface area contributed by atoms with Crippen LogP contribution in [0.15, 0.2) is 24.3 Å². The number of carbonyl (C=O) groups excluding carboxylic acids is 2. The molecule has 2 N–H and O–H groups in total. The molecule has 4 aliphatic rings. The molecule has 140 valence electrons. The molecule has 0 spiro atoms. The molecule has 2 amide bonds. The number of rotatable bonds is 4. The third-order valence-corrected chi connectivity index (χ3v) is 5.99. The minimum atomic E-state index is -2.07. The lowest BCUT2D eigenvalue weighted by Crippen LogP contribution is -2.48. The summed E-state index contributed by atoms with van der Waals surface area (Å²) in [5, 5.41) is 2.48. The second kappa shape index (κ2) is 6.82. The van der Waals surface area contributed by atoms with Crippen LogP contribution in [-0.4, -0.2) is 19.1 Å². The van der Waals surface area contributed by atoms with Gasteiger partial charge in [-0.25, -0.2) is 4.79 Å². The molecule has 0 atom stereocenters. The molecule has 26 heavy (non-hydrogen) atoms. The van der Waals surface area contributed by atoms with E-state index in [2.05, 4.69) is 5.32 Å². The van der Waals surface area contributed by atoms with E-state index in [-0.39, 0.29) is 0 Å². The molecule has 0 radical (unpaired) electrons. The van der Waals surface area contributed by atoms with E-state index in [1.807, 2.05) is 5.48 Å². The Balaban J connectivity index is 1.35. The first-order valence-electron chi connectivity index (χ1n) is 10.2. The monoisotopic (exact) mass is 360 g/mol. The van der Waals surface area contributed by atoms with Crippen molar-refractivity contribution in [2.45, 2.75) is 44.9 Å². The summed E-state index contributed by atoms with van der Waals surface area (Å²) in [7, 11) is 1.55. The van der Waals surface area contributed by atoms with Gasteiger partial charge in [0.25, 0.3) is 5.91 Å². The second-order valence-electron chi connectivity index (χ2n) is 8.00. The third kappa shape index (κ3) is 3.64. The van der Waals surface area contributed by atoms with Crippen molar-refractivity contribution in [1.29, 1.82) is 0 Å². The Bertz CT molecular complexity index is 731. The van der Waals surface area contributed by atoms with Gasteiger partial charge in [-0.2, -0.15) is 5.48 Å². The molecule has 5 rings (SSSR count). The first-order chi connectivity index (χ1) is 13.3. The van der Waals surface area contributed by atoms with Crippen LogP contribution in [0.3, 0.4) is 0 Å². The molecule has 4 aliphatic carbocycles. The van der Waals surface area contributed by atoms with E-state index >= 15 is 0 Å². The van der Waals surface area contributed by atoms with Crippen LogP contribution < -0.4 is 15.5 Å². The number of hydroxylamine groups is 1. The van der Waals surface area contributed by atoms with Gasteiger partial charge in [0.15, 0.2) is 0 Å². The van der Waals surface area contributed by atoms with Crippen molar-refractivity contribution in [2.24, 2.45) is 23.2 Å². The number of ether oxygens (including phenoxy) is 1. The Kier molecular flexibility index (Phi) is 3.90. The van der Waals surface area contributed by atoms with Crippen LogP contribution in [0.5, 0.6) is 5.75 Å². The molecular formula is C20H26N2O4. The summed E-state index contributed by atoms with van der Waals surface area (Å²) < 4.78 is 22.1. The SMILES string of the molecule is [2H]C([2H])(C(=O)NOC(=O)Nc1ccc(OC)cc1)C12CC3CC(CC(C3)C1)C2. The van der Waals surface area contributed by atoms with Crippen molar-refractivity contribution in [3.05, 3.63) is 24.3 Å². The first-order valence-corrected chi connectivity index (χ1v) is 9.24. The van der Waals surface area contributed by atoms with E-state index in [0.29, 0.717) is 29.2 Å². The summed E-state index contributed by atoms with van der Waals surface area (Å²) in [5.74, 6) is 1.34. The largest absolute Gasteiger partial charge is 0.497 e. The smallest absolute Gasteiger partial charge is 0.436 e. The van der Waals surface area contributed by atoms with E-state index < -0.39 is 23.8 Å². The topological polar surface area (TPSA) is 76.7 Å². The summed E-state index contributed by atoms with van der Waals surface area (Å²) in [4.78, 5) is 29.4. The number of hydrogen-bond acceptors (Lipinski definition) is 4. The highest BCUT2D eigenvalue weighted by Gasteiger charge is 2.51. The fourth-order valence-corrected chi connectivity index (χ4v) is 5.44. The Morgan fingerprint density at radius 1 is 1.12 bits per heavy atom. The van der Waals surface area contributed by atoms with Crippen molar-refractivity contribution in [3.8, 4) is 5.75 Å². The minimum absolute atomic E-state index is 0.476. The number of carbonyl (C=O) groups is 2. The molecular weight excluding hydrogens is 332 g/mol. The predicted molar refractivity (Wildman–Crippen MR) is 96.5 cm³/mol. The van der Waals surface area contributed by atoms with E-state index in [4.69, 9.17) is 12.3 Å². The normalized spacial score (nSPS) is 33.0. The molecule has 1 aromatic rings. The van der Waals surface area contributed by atoms with Gasteiger partial charge in [0.05, 0.1) is 7.11 Å². The predicted octanol–water partition coefficient (Wildman–Crippen LogP) is 3.88. The van der Waals surface area contributed by atoms with Gasteiger partial charge >= 0.3 is 6.09 Å². The fraction of sp³-hybridized carbons (Fsp3) is 0.600. The van der Waals surface area contributed by atoms with Gasteiger partial charge in [0, 0.05) is 14.8 Å². The average Bonchev–Trinajstić information content (AvgIpc) is 2.65. The number of hydrogen-bond donors (Lipinski definition) is 2. The van der Waals surface area contributed by atoms with Gasteiger partial charge in [0.1, 0.15) is 5.75 Å². The fourth-order valence-electron chi connectivity index (χ4n) is 5.44. The number of benzene rings is 1. The lowest BCUT2D eigenvalue weighted by atomic mass is 9.49. The molecule has 6 heteroatoms. The molecule has 6 nitrogen and oxygen atoms in total. The summed E-state index contributed by atoms with van der Waals surface area (Å²) in [5.41, 5.74) is 1.88. The van der Waals surface area contributed by atoms with E-state index in [9.17, 15) is 9.59 Å². The van der Waals surface area contributed by atoms with Crippen molar-refractivity contribution in [3.63, 3.8) is 0 Å². The maximum absolute atomic E-state index is 12.6.